The predicted octanol–water partition coefficient (Wildman–Crippen LogP) is 2.37. The van der Waals surface area contributed by atoms with E-state index in [1.165, 1.54) is 15.3 Å². The molecule has 13 heteroatoms. The Kier molecular flexibility index (Phi) is 6.42. The van der Waals surface area contributed by atoms with Crippen LogP contribution in [0.1, 0.15) is 41.9 Å². The van der Waals surface area contributed by atoms with Gasteiger partial charge in [-0.3, -0.25) is 4.79 Å². The molecule has 0 bridgehead atoms. The fourth-order valence-corrected chi connectivity index (χ4v) is 6.47. The first-order valence-electron chi connectivity index (χ1n) is 11.6. The van der Waals surface area contributed by atoms with Crippen molar-refractivity contribution in [2.45, 2.75) is 49.8 Å². The first-order valence-corrected chi connectivity index (χ1v) is 13.4. The number of halogens is 1. The van der Waals surface area contributed by atoms with E-state index < -0.39 is 27.7 Å². The lowest BCUT2D eigenvalue weighted by molar-refractivity contribution is 0.0511. The lowest BCUT2D eigenvalue weighted by atomic mass is 10.1. The Bertz CT molecular complexity index is 1480. The fourth-order valence-electron chi connectivity index (χ4n) is 4.76. The van der Waals surface area contributed by atoms with E-state index in [1.54, 1.807) is 12.1 Å². The smallest absolute Gasteiger partial charge is 0.310 e. The molecular formula is C23H25ClN6O5S. The van der Waals surface area contributed by atoms with Crippen molar-refractivity contribution in [3.05, 3.63) is 40.6 Å². The van der Waals surface area contributed by atoms with Crippen LogP contribution in [0, 0.1) is 11.3 Å². The lowest BCUT2D eigenvalue weighted by Gasteiger charge is -2.39. The van der Waals surface area contributed by atoms with Gasteiger partial charge in [-0.1, -0.05) is 11.6 Å². The van der Waals surface area contributed by atoms with Crippen LogP contribution in [0.2, 0.25) is 5.02 Å². The summed E-state index contributed by atoms with van der Waals surface area (Å²) in [6.45, 7) is 2.56. The maximum atomic E-state index is 13.5. The van der Waals surface area contributed by atoms with Gasteiger partial charge in [0.05, 0.1) is 23.8 Å². The van der Waals surface area contributed by atoms with E-state index in [0.29, 0.717) is 34.7 Å². The Labute approximate surface area is 212 Å². The Balaban J connectivity index is 1.41. The van der Waals surface area contributed by atoms with Crippen molar-refractivity contribution in [1.82, 2.24) is 24.5 Å². The molecule has 11 nitrogen and oxygen atoms in total. The summed E-state index contributed by atoms with van der Waals surface area (Å²) < 4.78 is 33.9. The minimum Gasteiger partial charge on any atom is -0.504 e. The number of nitrogens with one attached hydrogen (secondary N) is 2. The highest BCUT2D eigenvalue weighted by atomic mass is 35.5. The molecule has 3 aromatic rings. The van der Waals surface area contributed by atoms with Gasteiger partial charge >= 0.3 is 5.91 Å². The predicted molar refractivity (Wildman–Crippen MR) is 130 cm³/mol. The maximum absolute atomic E-state index is 13.5. The van der Waals surface area contributed by atoms with Crippen LogP contribution >= 0.6 is 11.6 Å². The molecule has 5 rings (SSSR count). The first-order chi connectivity index (χ1) is 17.2. The van der Waals surface area contributed by atoms with Crippen LogP contribution in [-0.4, -0.2) is 70.3 Å². The number of aromatic hydroxyl groups is 1. The summed E-state index contributed by atoms with van der Waals surface area (Å²) in [5.41, 5.74) is 1.18. The van der Waals surface area contributed by atoms with Gasteiger partial charge in [-0.15, -0.1) is 0 Å². The molecule has 2 unspecified atom stereocenters. The number of sulfonamides is 1. The van der Waals surface area contributed by atoms with E-state index >= 15 is 0 Å². The van der Waals surface area contributed by atoms with Crippen LogP contribution in [0.4, 0.5) is 0 Å². The highest BCUT2D eigenvalue weighted by Crippen LogP contribution is 2.36. The van der Waals surface area contributed by atoms with Gasteiger partial charge in [0.1, 0.15) is 5.76 Å². The Morgan fingerprint density at radius 2 is 2.19 bits per heavy atom. The number of hydrogen-bond donors (Lipinski definition) is 3. The van der Waals surface area contributed by atoms with Crippen molar-refractivity contribution in [2.75, 3.05) is 19.6 Å². The molecule has 2 aromatic heterocycles. The van der Waals surface area contributed by atoms with Crippen molar-refractivity contribution in [3.63, 3.8) is 0 Å². The zero-order valence-corrected chi connectivity index (χ0v) is 21.1. The number of hydrogen-bond acceptors (Lipinski definition) is 8. The molecule has 2 aliphatic rings. The average molecular weight is 533 g/mol. The summed E-state index contributed by atoms with van der Waals surface area (Å²) in [6, 6.07) is 6.39. The number of amides is 1. The second kappa shape index (κ2) is 9.40. The van der Waals surface area contributed by atoms with Crippen LogP contribution in [0.25, 0.3) is 10.9 Å². The minimum atomic E-state index is -4.13. The summed E-state index contributed by atoms with van der Waals surface area (Å²) >= 11 is 6.00. The third-order valence-electron chi connectivity index (χ3n) is 6.67. The van der Waals surface area contributed by atoms with Crippen molar-refractivity contribution < 1.29 is 22.7 Å². The van der Waals surface area contributed by atoms with Crippen molar-refractivity contribution >= 4 is 38.4 Å². The quantitative estimate of drug-likeness (QED) is 0.452. The number of rotatable bonds is 5. The van der Waals surface area contributed by atoms with Gasteiger partial charge in [-0.25, -0.2) is 13.4 Å². The number of aromatic nitrogens is 2. The molecular weight excluding hydrogens is 508 g/mol. The number of fused-ring (bicyclic) bond motifs is 2. The second-order valence-corrected chi connectivity index (χ2v) is 11.4. The number of aromatic amines is 1. The third kappa shape index (κ3) is 4.32. The molecule has 2 aliphatic heterocycles. The normalized spacial score (nSPS) is 20.9. The third-order valence-corrected chi connectivity index (χ3v) is 8.72. The highest BCUT2D eigenvalue weighted by molar-refractivity contribution is 7.89. The van der Waals surface area contributed by atoms with E-state index in [0.717, 1.165) is 5.69 Å². The van der Waals surface area contributed by atoms with E-state index in [4.69, 9.17) is 21.3 Å². The zero-order chi connectivity index (χ0) is 25.6. The molecule has 1 fully saturated rings. The molecule has 190 valence electrons. The van der Waals surface area contributed by atoms with Crippen LogP contribution in [-0.2, 0) is 23.0 Å². The van der Waals surface area contributed by atoms with Crippen LogP contribution in [0.3, 0.4) is 0 Å². The maximum Gasteiger partial charge on any atom is 0.310 e. The molecule has 2 atom stereocenters. The van der Waals surface area contributed by atoms with Crippen LogP contribution in [0.15, 0.2) is 27.6 Å². The monoisotopic (exact) mass is 532 g/mol. The molecule has 0 radical (unpaired) electrons. The second-order valence-electron chi connectivity index (χ2n) is 9.08. The SMILES string of the molecule is CC1Cc2nc(C(=O)N3CCN(S(=O)(=O)c4[nH]c5ccc(Cl)cc5c4O)CC3CCC#N)oc2CN1. The highest BCUT2D eigenvalue weighted by Gasteiger charge is 2.40. The number of nitriles is 1. The standard InChI is InChI=1S/C23H25ClN6O5S/c1-13-9-18-19(11-26-13)35-21(27-18)23(32)30-8-7-29(12-15(30)3-2-6-25)36(33,34)22-20(31)16-10-14(24)4-5-17(16)28-22/h4-5,10,13,15,26,28,31H,2-3,7-9,11-12H2,1H3. The minimum absolute atomic E-state index is 0.00566. The lowest BCUT2D eigenvalue weighted by Crippen LogP contribution is -2.56. The van der Waals surface area contributed by atoms with Gasteiger partial charge in [0.15, 0.2) is 10.8 Å². The Morgan fingerprint density at radius 1 is 1.39 bits per heavy atom. The molecule has 0 spiro atoms. The molecule has 0 aliphatic carbocycles. The number of carbonyl (C=O) groups excluding carboxylic acids is 1. The van der Waals surface area contributed by atoms with Crippen LogP contribution in [0.5, 0.6) is 5.75 Å². The fraction of sp³-hybridized carbons (Fsp3) is 0.435. The average Bonchev–Trinajstić information content (AvgIpc) is 3.43. The molecule has 1 amide bonds. The van der Waals surface area contributed by atoms with Crippen LogP contribution < -0.4 is 5.32 Å². The number of benzene rings is 1. The van der Waals surface area contributed by atoms with Gasteiger partial charge in [0.2, 0.25) is 0 Å². The first kappa shape index (κ1) is 24.6. The molecule has 0 saturated carbocycles. The van der Waals surface area contributed by atoms with Crippen molar-refractivity contribution in [2.24, 2.45) is 0 Å². The molecule has 4 heterocycles. The largest absolute Gasteiger partial charge is 0.504 e. The molecule has 36 heavy (non-hydrogen) atoms. The van der Waals surface area contributed by atoms with Gasteiger partial charge in [0.25, 0.3) is 15.9 Å². The molecule has 1 saturated heterocycles. The molecule has 1 aromatic carbocycles. The number of piperazine rings is 1. The zero-order valence-electron chi connectivity index (χ0n) is 19.5. The number of H-pyrrole nitrogens is 1. The van der Waals surface area contributed by atoms with Gasteiger partial charge in [-0.05, 0) is 31.5 Å². The summed E-state index contributed by atoms with van der Waals surface area (Å²) in [4.78, 5) is 22.1. The van der Waals surface area contributed by atoms with E-state index in [2.05, 4.69) is 21.4 Å². The Morgan fingerprint density at radius 3 is 2.97 bits per heavy atom. The van der Waals surface area contributed by atoms with Gasteiger partial charge in [0, 0.05) is 55.0 Å². The van der Waals surface area contributed by atoms with Gasteiger partial charge < -0.3 is 24.7 Å². The van der Waals surface area contributed by atoms with E-state index in [1.807, 2.05) is 6.92 Å². The van der Waals surface area contributed by atoms with Crippen molar-refractivity contribution in [1.29, 1.82) is 5.26 Å². The summed E-state index contributed by atoms with van der Waals surface area (Å²) in [5.74, 6) is -0.243. The number of oxazole rings is 1. The summed E-state index contributed by atoms with van der Waals surface area (Å²) in [7, 11) is -4.13. The number of nitrogens with zero attached hydrogens (tertiary/aromatic N) is 4. The summed E-state index contributed by atoms with van der Waals surface area (Å²) in [5, 5.41) is 23.4. The van der Waals surface area contributed by atoms with Crippen molar-refractivity contribution in [3.8, 4) is 11.8 Å². The topological polar surface area (TPSA) is 156 Å². The Hall–Kier alpha value is -3.11. The number of carbonyl (C=O) groups is 1. The van der Waals surface area contributed by atoms with E-state index in [-0.39, 0.29) is 49.4 Å². The van der Waals surface area contributed by atoms with E-state index in [9.17, 15) is 18.3 Å². The summed E-state index contributed by atoms with van der Waals surface area (Å²) in [6.07, 6.45) is 1.07. The van der Waals surface area contributed by atoms with Gasteiger partial charge in [-0.2, -0.15) is 9.57 Å². The molecule has 3 N–H and O–H groups in total.